The number of hydrogen-bond donors (Lipinski definition) is 1. The number of ether oxygens (including phenoxy) is 1. The molecule has 0 unspecified atom stereocenters. The summed E-state index contributed by atoms with van der Waals surface area (Å²) in [4.78, 5) is 15.9. The standard InChI is InChI=1S/C14H19F2N3O2/c1-21-9-8-18-4-6-19(7-5-18)14(20)17-13-3-2-11(15)10-12(13)16/h2-3,10H,4-9H2,1H3,(H,17,20). The van der Waals surface area contributed by atoms with Gasteiger partial charge in [-0.1, -0.05) is 0 Å². The van der Waals surface area contributed by atoms with E-state index >= 15 is 0 Å². The highest BCUT2D eigenvalue weighted by molar-refractivity contribution is 5.89. The lowest BCUT2D eigenvalue weighted by Crippen LogP contribution is -2.50. The van der Waals surface area contributed by atoms with Crippen molar-refractivity contribution in [1.29, 1.82) is 0 Å². The quantitative estimate of drug-likeness (QED) is 0.921. The molecular weight excluding hydrogens is 280 g/mol. The van der Waals surface area contributed by atoms with Gasteiger partial charge in [-0.3, -0.25) is 4.90 Å². The van der Waals surface area contributed by atoms with Gasteiger partial charge in [0, 0.05) is 45.9 Å². The van der Waals surface area contributed by atoms with Crippen LogP contribution in [-0.2, 0) is 4.74 Å². The molecule has 0 spiro atoms. The van der Waals surface area contributed by atoms with Gasteiger partial charge in [-0.2, -0.15) is 0 Å². The molecule has 1 fully saturated rings. The highest BCUT2D eigenvalue weighted by atomic mass is 19.1. The summed E-state index contributed by atoms with van der Waals surface area (Å²) in [7, 11) is 1.65. The van der Waals surface area contributed by atoms with Crippen molar-refractivity contribution in [2.24, 2.45) is 0 Å². The number of benzene rings is 1. The zero-order valence-corrected chi connectivity index (χ0v) is 11.9. The number of hydrogen-bond acceptors (Lipinski definition) is 3. The minimum atomic E-state index is -0.776. The lowest BCUT2D eigenvalue weighted by atomic mass is 10.3. The highest BCUT2D eigenvalue weighted by Crippen LogP contribution is 2.16. The number of nitrogens with one attached hydrogen (secondary N) is 1. The third-order valence-electron chi connectivity index (χ3n) is 3.44. The summed E-state index contributed by atoms with van der Waals surface area (Å²) in [6.45, 7) is 4.13. The summed E-state index contributed by atoms with van der Waals surface area (Å²) in [6, 6.07) is 2.71. The van der Waals surface area contributed by atoms with Crippen LogP contribution in [-0.4, -0.2) is 62.3 Å². The van der Waals surface area contributed by atoms with E-state index in [1.54, 1.807) is 12.0 Å². The number of carbonyl (C=O) groups excluding carboxylic acids is 1. The Bertz CT molecular complexity index is 491. The molecule has 0 bridgehead atoms. The first kappa shape index (κ1) is 15.7. The molecule has 21 heavy (non-hydrogen) atoms. The smallest absolute Gasteiger partial charge is 0.322 e. The van der Waals surface area contributed by atoms with Crippen LogP contribution < -0.4 is 5.32 Å². The van der Waals surface area contributed by atoms with Gasteiger partial charge in [0.2, 0.25) is 0 Å². The van der Waals surface area contributed by atoms with E-state index in [2.05, 4.69) is 10.2 Å². The number of nitrogens with zero attached hydrogens (tertiary/aromatic N) is 2. The Kier molecular flexibility index (Phi) is 5.46. The lowest BCUT2D eigenvalue weighted by Gasteiger charge is -2.34. The van der Waals surface area contributed by atoms with Crippen LogP contribution in [0.2, 0.25) is 0 Å². The van der Waals surface area contributed by atoms with Gasteiger partial charge in [0.1, 0.15) is 11.6 Å². The monoisotopic (exact) mass is 299 g/mol. The predicted octanol–water partition coefficient (Wildman–Crippen LogP) is 1.76. The van der Waals surface area contributed by atoms with Gasteiger partial charge in [-0.25, -0.2) is 13.6 Å². The van der Waals surface area contributed by atoms with E-state index < -0.39 is 11.6 Å². The zero-order chi connectivity index (χ0) is 15.2. The van der Waals surface area contributed by atoms with E-state index in [0.29, 0.717) is 19.7 Å². The molecule has 0 aliphatic carbocycles. The summed E-state index contributed by atoms with van der Waals surface area (Å²) in [5.41, 5.74) is -0.0109. The second-order valence-electron chi connectivity index (χ2n) is 4.88. The fourth-order valence-electron chi connectivity index (χ4n) is 2.18. The Morgan fingerprint density at radius 3 is 2.62 bits per heavy atom. The van der Waals surface area contributed by atoms with E-state index in [9.17, 15) is 13.6 Å². The predicted molar refractivity (Wildman–Crippen MR) is 75.3 cm³/mol. The molecule has 1 aromatic rings. The van der Waals surface area contributed by atoms with E-state index in [-0.39, 0.29) is 11.7 Å². The first-order chi connectivity index (χ1) is 10.1. The van der Waals surface area contributed by atoms with Crippen molar-refractivity contribution in [2.45, 2.75) is 0 Å². The van der Waals surface area contributed by atoms with Crippen LogP contribution in [0.5, 0.6) is 0 Å². The van der Waals surface area contributed by atoms with Gasteiger partial charge in [0.15, 0.2) is 0 Å². The first-order valence-corrected chi connectivity index (χ1v) is 6.82. The van der Waals surface area contributed by atoms with Gasteiger partial charge in [-0.15, -0.1) is 0 Å². The third-order valence-corrected chi connectivity index (χ3v) is 3.44. The molecule has 116 valence electrons. The summed E-state index contributed by atoms with van der Waals surface area (Å²) in [5.74, 6) is -1.45. The Labute approximate surface area is 122 Å². The SMILES string of the molecule is COCCN1CCN(C(=O)Nc2ccc(F)cc2F)CC1. The molecule has 1 aliphatic rings. The number of carbonyl (C=O) groups is 1. The van der Waals surface area contributed by atoms with Gasteiger partial charge in [-0.05, 0) is 12.1 Å². The van der Waals surface area contributed by atoms with Crippen LogP contribution in [0.15, 0.2) is 18.2 Å². The van der Waals surface area contributed by atoms with Crippen molar-refractivity contribution < 1.29 is 18.3 Å². The lowest BCUT2D eigenvalue weighted by molar-refractivity contribution is 0.109. The normalized spacial score (nSPS) is 16.0. The molecule has 7 heteroatoms. The summed E-state index contributed by atoms with van der Waals surface area (Å²) < 4.78 is 31.3. The van der Waals surface area contributed by atoms with Crippen LogP contribution in [0.3, 0.4) is 0 Å². The fourth-order valence-corrected chi connectivity index (χ4v) is 2.18. The highest BCUT2D eigenvalue weighted by Gasteiger charge is 2.21. The minimum absolute atomic E-state index is 0.0109. The van der Waals surface area contributed by atoms with Crippen molar-refractivity contribution in [3.63, 3.8) is 0 Å². The van der Waals surface area contributed by atoms with E-state index in [4.69, 9.17) is 4.74 Å². The maximum Gasteiger partial charge on any atom is 0.322 e. The molecule has 1 aromatic carbocycles. The van der Waals surface area contributed by atoms with Gasteiger partial charge < -0.3 is 15.0 Å². The number of methoxy groups -OCH3 is 1. The summed E-state index contributed by atoms with van der Waals surface area (Å²) in [5, 5.41) is 2.47. The van der Waals surface area contributed by atoms with Crippen LogP contribution in [0.4, 0.5) is 19.3 Å². The molecule has 0 radical (unpaired) electrons. The molecule has 2 rings (SSSR count). The molecule has 0 atom stereocenters. The molecule has 2 amide bonds. The summed E-state index contributed by atoms with van der Waals surface area (Å²) in [6.07, 6.45) is 0. The van der Waals surface area contributed by atoms with Crippen LogP contribution in [0.1, 0.15) is 0 Å². The second kappa shape index (κ2) is 7.33. The van der Waals surface area contributed by atoms with Crippen molar-refractivity contribution >= 4 is 11.7 Å². The van der Waals surface area contributed by atoms with Crippen molar-refractivity contribution in [1.82, 2.24) is 9.80 Å². The van der Waals surface area contributed by atoms with E-state index in [1.807, 2.05) is 0 Å². The molecule has 1 heterocycles. The summed E-state index contributed by atoms with van der Waals surface area (Å²) >= 11 is 0. The van der Waals surface area contributed by atoms with Gasteiger partial charge >= 0.3 is 6.03 Å². The number of amides is 2. The van der Waals surface area contributed by atoms with Crippen LogP contribution in [0, 0.1) is 11.6 Å². The average Bonchev–Trinajstić information content (AvgIpc) is 2.48. The maximum absolute atomic E-state index is 13.5. The average molecular weight is 299 g/mol. The minimum Gasteiger partial charge on any atom is -0.383 e. The Balaban J connectivity index is 1.84. The van der Waals surface area contributed by atoms with E-state index in [0.717, 1.165) is 31.8 Å². The molecule has 0 saturated carbocycles. The molecule has 1 saturated heterocycles. The van der Waals surface area contributed by atoms with Crippen molar-refractivity contribution in [3.05, 3.63) is 29.8 Å². The molecule has 1 N–H and O–H groups in total. The zero-order valence-electron chi connectivity index (χ0n) is 11.9. The second-order valence-corrected chi connectivity index (χ2v) is 4.88. The number of halogens is 2. The number of urea groups is 1. The van der Waals surface area contributed by atoms with Gasteiger partial charge in [0.25, 0.3) is 0 Å². The molecule has 0 aromatic heterocycles. The Morgan fingerprint density at radius 1 is 1.29 bits per heavy atom. The molecule has 5 nitrogen and oxygen atoms in total. The number of rotatable bonds is 4. The largest absolute Gasteiger partial charge is 0.383 e. The van der Waals surface area contributed by atoms with E-state index in [1.165, 1.54) is 6.07 Å². The fraction of sp³-hybridized carbons (Fsp3) is 0.500. The molecule has 1 aliphatic heterocycles. The van der Waals surface area contributed by atoms with Crippen LogP contribution >= 0.6 is 0 Å². The Hall–Kier alpha value is -1.73. The first-order valence-electron chi connectivity index (χ1n) is 6.82. The number of anilines is 1. The van der Waals surface area contributed by atoms with Crippen molar-refractivity contribution in [3.8, 4) is 0 Å². The van der Waals surface area contributed by atoms with Gasteiger partial charge in [0.05, 0.1) is 12.3 Å². The topological polar surface area (TPSA) is 44.8 Å². The Morgan fingerprint density at radius 2 is 2.00 bits per heavy atom. The maximum atomic E-state index is 13.5. The third kappa shape index (κ3) is 4.37. The van der Waals surface area contributed by atoms with Crippen molar-refractivity contribution in [2.75, 3.05) is 51.8 Å². The van der Waals surface area contributed by atoms with Crippen LogP contribution in [0.25, 0.3) is 0 Å². The molecular formula is C14H19F2N3O2. The number of piperazine rings is 1.